The van der Waals surface area contributed by atoms with E-state index in [4.69, 9.17) is 16.3 Å². The number of nitrogens with zero attached hydrogens (tertiary/aromatic N) is 2. The first-order chi connectivity index (χ1) is 16.8. The van der Waals surface area contributed by atoms with Gasteiger partial charge in [0.05, 0.1) is 12.1 Å². The van der Waals surface area contributed by atoms with E-state index < -0.39 is 42.1 Å². The second-order valence-corrected chi connectivity index (χ2v) is 8.02. The number of hydrazine groups is 1. The van der Waals surface area contributed by atoms with E-state index in [1.807, 2.05) is 0 Å². The lowest BCUT2D eigenvalue weighted by molar-refractivity contribution is -0.130. The van der Waals surface area contributed by atoms with Crippen LogP contribution in [-0.2, 0) is 14.4 Å². The number of amides is 4. The van der Waals surface area contributed by atoms with Crippen molar-refractivity contribution in [2.24, 2.45) is 0 Å². The average molecular weight is 496 g/mol. The van der Waals surface area contributed by atoms with Crippen molar-refractivity contribution < 1.29 is 28.3 Å². The van der Waals surface area contributed by atoms with E-state index in [0.29, 0.717) is 10.8 Å². The van der Waals surface area contributed by atoms with Crippen molar-refractivity contribution in [2.75, 3.05) is 11.5 Å². The van der Waals surface area contributed by atoms with Gasteiger partial charge in [0.15, 0.2) is 6.61 Å². The van der Waals surface area contributed by atoms with Crippen molar-refractivity contribution in [3.8, 4) is 5.75 Å². The van der Waals surface area contributed by atoms with Crippen LogP contribution in [0.2, 0.25) is 5.02 Å². The van der Waals surface area contributed by atoms with E-state index in [1.165, 1.54) is 24.3 Å². The molecule has 1 atom stereocenters. The summed E-state index contributed by atoms with van der Waals surface area (Å²) >= 11 is 5.84. The zero-order valence-electron chi connectivity index (χ0n) is 18.2. The fourth-order valence-corrected chi connectivity index (χ4v) is 3.64. The van der Waals surface area contributed by atoms with Crippen LogP contribution in [0.5, 0.6) is 5.75 Å². The third-order valence-corrected chi connectivity index (χ3v) is 5.44. The Morgan fingerprint density at radius 1 is 1.00 bits per heavy atom. The monoisotopic (exact) mass is 495 g/mol. The van der Waals surface area contributed by atoms with Crippen molar-refractivity contribution in [2.45, 2.75) is 12.5 Å². The number of hydrogen-bond acceptors (Lipinski definition) is 5. The highest BCUT2D eigenvalue weighted by Crippen LogP contribution is 2.26. The minimum Gasteiger partial charge on any atom is -0.484 e. The fourth-order valence-electron chi connectivity index (χ4n) is 3.52. The minimum absolute atomic E-state index is 0.161. The van der Waals surface area contributed by atoms with Gasteiger partial charge in [-0.05, 0) is 60.7 Å². The quantitative estimate of drug-likeness (QED) is 0.418. The highest BCUT2D eigenvalue weighted by atomic mass is 35.5. The summed E-state index contributed by atoms with van der Waals surface area (Å²) in [7, 11) is 0. The molecule has 1 aliphatic rings. The molecule has 178 valence electrons. The van der Waals surface area contributed by atoms with Crippen LogP contribution in [0.25, 0.3) is 0 Å². The number of carbonyl (C=O) groups is 4. The summed E-state index contributed by atoms with van der Waals surface area (Å²) in [5.74, 6) is -2.88. The number of halogens is 2. The van der Waals surface area contributed by atoms with Crippen LogP contribution in [0.4, 0.5) is 10.1 Å². The molecule has 0 aromatic heterocycles. The Hall–Kier alpha value is -4.24. The van der Waals surface area contributed by atoms with E-state index in [1.54, 1.807) is 42.5 Å². The molecule has 3 aromatic rings. The summed E-state index contributed by atoms with van der Waals surface area (Å²) in [4.78, 5) is 52.7. The number of rotatable bonds is 6. The topological polar surface area (TPSA) is 96.0 Å². The van der Waals surface area contributed by atoms with Gasteiger partial charge in [-0.1, -0.05) is 29.8 Å². The number of nitrogens with one attached hydrogen (secondary N) is 1. The van der Waals surface area contributed by atoms with Gasteiger partial charge in [-0.2, -0.15) is 0 Å². The maximum absolute atomic E-state index is 13.3. The number of carbonyl (C=O) groups excluding carboxylic acids is 4. The van der Waals surface area contributed by atoms with E-state index in [0.717, 1.165) is 22.0 Å². The summed E-state index contributed by atoms with van der Waals surface area (Å²) in [6, 6.07) is 17.8. The lowest BCUT2D eigenvalue weighted by atomic mass is 10.1. The second kappa shape index (κ2) is 10.4. The molecule has 3 aromatic carbocycles. The third kappa shape index (κ3) is 5.47. The predicted octanol–water partition coefficient (Wildman–Crippen LogP) is 3.36. The van der Waals surface area contributed by atoms with E-state index in [2.05, 4.69) is 5.43 Å². The maximum atomic E-state index is 13.3. The average Bonchev–Trinajstić information content (AvgIpc) is 3.16. The Balaban J connectivity index is 1.55. The van der Waals surface area contributed by atoms with Crippen LogP contribution < -0.4 is 15.1 Å². The zero-order valence-corrected chi connectivity index (χ0v) is 18.9. The molecule has 0 saturated carbocycles. The molecule has 10 heteroatoms. The largest absolute Gasteiger partial charge is 0.484 e. The molecule has 0 bridgehead atoms. The van der Waals surface area contributed by atoms with Gasteiger partial charge in [-0.3, -0.25) is 24.6 Å². The molecule has 1 N–H and O–H groups in total. The van der Waals surface area contributed by atoms with Crippen LogP contribution >= 0.6 is 11.6 Å². The van der Waals surface area contributed by atoms with E-state index in [9.17, 15) is 23.6 Å². The lowest BCUT2D eigenvalue weighted by Crippen LogP contribution is -2.55. The van der Waals surface area contributed by atoms with Gasteiger partial charge in [0.2, 0.25) is 5.91 Å². The van der Waals surface area contributed by atoms with E-state index in [-0.39, 0.29) is 17.7 Å². The molecule has 0 aliphatic carbocycles. The molecule has 8 nitrogen and oxygen atoms in total. The summed E-state index contributed by atoms with van der Waals surface area (Å²) in [5, 5.41) is 1.34. The van der Waals surface area contributed by atoms with Gasteiger partial charge >= 0.3 is 0 Å². The number of ether oxygens (including phenoxy) is 1. The third-order valence-electron chi connectivity index (χ3n) is 5.19. The first kappa shape index (κ1) is 23.9. The molecule has 35 heavy (non-hydrogen) atoms. The lowest BCUT2D eigenvalue weighted by Gasteiger charge is -2.28. The van der Waals surface area contributed by atoms with Crippen LogP contribution in [-0.4, -0.2) is 41.3 Å². The molecule has 1 unspecified atom stereocenters. The fraction of sp³-hybridized carbons (Fsp3) is 0.120. The normalized spacial score (nSPS) is 15.1. The van der Waals surface area contributed by atoms with Gasteiger partial charge in [-0.15, -0.1) is 0 Å². The van der Waals surface area contributed by atoms with Crippen molar-refractivity contribution in [3.05, 3.63) is 95.3 Å². The summed E-state index contributed by atoms with van der Waals surface area (Å²) in [5.41, 5.74) is 2.77. The number of hydrogen-bond donors (Lipinski definition) is 1. The highest BCUT2D eigenvalue weighted by Gasteiger charge is 2.45. The summed E-state index contributed by atoms with van der Waals surface area (Å²) < 4.78 is 18.7. The summed E-state index contributed by atoms with van der Waals surface area (Å²) in [6.07, 6.45) is -0.368. The molecule has 4 rings (SSSR count). The Kier molecular flexibility index (Phi) is 7.07. The molecule has 0 spiro atoms. The van der Waals surface area contributed by atoms with Crippen LogP contribution in [0.1, 0.15) is 16.8 Å². The molecule has 1 saturated heterocycles. The van der Waals surface area contributed by atoms with Gasteiger partial charge in [0, 0.05) is 10.6 Å². The van der Waals surface area contributed by atoms with Crippen LogP contribution in [0, 0.1) is 5.82 Å². The van der Waals surface area contributed by atoms with Crippen LogP contribution in [0.3, 0.4) is 0 Å². The second-order valence-electron chi connectivity index (χ2n) is 7.58. The van der Waals surface area contributed by atoms with Crippen molar-refractivity contribution in [1.29, 1.82) is 0 Å². The van der Waals surface area contributed by atoms with E-state index >= 15 is 0 Å². The van der Waals surface area contributed by atoms with Gasteiger partial charge < -0.3 is 4.74 Å². The minimum atomic E-state index is -1.31. The zero-order chi connectivity index (χ0) is 24.9. The number of benzene rings is 3. The first-order valence-electron chi connectivity index (χ1n) is 10.5. The van der Waals surface area contributed by atoms with Crippen molar-refractivity contribution in [1.82, 2.24) is 10.4 Å². The Morgan fingerprint density at radius 2 is 1.66 bits per heavy atom. The molecular weight excluding hydrogens is 477 g/mol. The van der Waals surface area contributed by atoms with Gasteiger partial charge in [0.1, 0.15) is 17.6 Å². The molecule has 4 amide bonds. The van der Waals surface area contributed by atoms with Crippen molar-refractivity contribution in [3.63, 3.8) is 0 Å². The summed E-state index contributed by atoms with van der Waals surface area (Å²) in [6.45, 7) is -0.462. The van der Waals surface area contributed by atoms with Gasteiger partial charge in [-0.25, -0.2) is 14.3 Å². The SMILES string of the molecule is O=C(COc1ccc(Cl)cc1)NN(C(=O)c1ccccc1)C1CC(=O)N(c2ccc(F)cc2)C1=O. The molecule has 1 heterocycles. The number of imide groups is 1. The maximum Gasteiger partial charge on any atom is 0.276 e. The van der Waals surface area contributed by atoms with Crippen LogP contribution in [0.15, 0.2) is 78.9 Å². The van der Waals surface area contributed by atoms with Crippen molar-refractivity contribution >= 4 is 40.9 Å². The standard InChI is InChI=1S/C25H19ClFN3O5/c26-17-6-12-20(13-7-17)35-15-22(31)28-30(24(33)16-4-2-1-3-5-16)21-14-23(32)29(25(21)34)19-10-8-18(27)9-11-19/h1-13,21H,14-15H2,(H,28,31). The molecular formula is C25H19ClFN3O5. The molecule has 0 radical (unpaired) electrons. The number of anilines is 1. The Morgan fingerprint density at radius 3 is 2.31 bits per heavy atom. The predicted molar refractivity (Wildman–Crippen MR) is 125 cm³/mol. The molecule has 1 fully saturated rings. The Bertz CT molecular complexity index is 1250. The first-order valence-corrected chi connectivity index (χ1v) is 10.9. The highest BCUT2D eigenvalue weighted by molar-refractivity contribution is 6.30. The molecule has 1 aliphatic heterocycles. The Labute approximate surface area is 204 Å². The smallest absolute Gasteiger partial charge is 0.276 e. The van der Waals surface area contributed by atoms with Gasteiger partial charge in [0.25, 0.3) is 17.7 Å².